The Bertz CT molecular complexity index is 462. The SMILES string of the molecule is CCOCC(=O)N1CCN(c2ccccc2C)C[C@@H]1C. The van der Waals surface area contributed by atoms with Gasteiger partial charge in [0.25, 0.3) is 0 Å². The van der Waals surface area contributed by atoms with Crippen LogP contribution in [0.25, 0.3) is 0 Å². The van der Waals surface area contributed by atoms with Crippen molar-refractivity contribution in [2.24, 2.45) is 0 Å². The number of hydrogen-bond donors (Lipinski definition) is 0. The van der Waals surface area contributed by atoms with Crippen molar-refractivity contribution < 1.29 is 9.53 Å². The van der Waals surface area contributed by atoms with Gasteiger partial charge in [0, 0.05) is 38.0 Å². The smallest absolute Gasteiger partial charge is 0.248 e. The highest BCUT2D eigenvalue weighted by Crippen LogP contribution is 2.22. The number of nitrogens with zero attached hydrogens (tertiary/aromatic N) is 2. The summed E-state index contributed by atoms with van der Waals surface area (Å²) < 4.78 is 5.22. The van der Waals surface area contributed by atoms with Gasteiger partial charge in [-0.2, -0.15) is 0 Å². The predicted molar refractivity (Wildman–Crippen MR) is 81.1 cm³/mol. The van der Waals surface area contributed by atoms with E-state index in [0.29, 0.717) is 6.61 Å². The number of para-hydroxylation sites is 1. The van der Waals surface area contributed by atoms with Crippen molar-refractivity contribution in [3.8, 4) is 0 Å². The van der Waals surface area contributed by atoms with Crippen molar-refractivity contribution in [2.75, 3.05) is 37.7 Å². The summed E-state index contributed by atoms with van der Waals surface area (Å²) in [5, 5.41) is 0. The highest BCUT2D eigenvalue weighted by atomic mass is 16.5. The second-order valence-corrected chi connectivity index (χ2v) is 5.31. The molecule has 1 fully saturated rings. The maximum Gasteiger partial charge on any atom is 0.248 e. The van der Waals surface area contributed by atoms with Gasteiger partial charge in [-0.25, -0.2) is 0 Å². The molecule has 1 amide bonds. The fraction of sp³-hybridized carbons (Fsp3) is 0.562. The van der Waals surface area contributed by atoms with Crippen LogP contribution in [-0.4, -0.2) is 49.7 Å². The molecule has 0 aliphatic carbocycles. The zero-order chi connectivity index (χ0) is 14.5. The van der Waals surface area contributed by atoms with E-state index < -0.39 is 0 Å². The Morgan fingerprint density at radius 1 is 1.35 bits per heavy atom. The van der Waals surface area contributed by atoms with Gasteiger partial charge in [-0.3, -0.25) is 4.79 Å². The van der Waals surface area contributed by atoms with Crippen LogP contribution in [0.1, 0.15) is 19.4 Å². The molecule has 20 heavy (non-hydrogen) atoms. The number of aryl methyl sites for hydroxylation is 1. The molecule has 1 saturated heterocycles. The van der Waals surface area contributed by atoms with E-state index in [1.54, 1.807) is 0 Å². The third-order valence-corrected chi connectivity index (χ3v) is 3.83. The van der Waals surface area contributed by atoms with Crippen LogP contribution >= 0.6 is 0 Å². The van der Waals surface area contributed by atoms with Crippen LogP contribution in [-0.2, 0) is 9.53 Å². The number of piperazine rings is 1. The molecule has 4 heteroatoms. The zero-order valence-corrected chi connectivity index (χ0v) is 12.6. The fourth-order valence-corrected chi connectivity index (χ4v) is 2.74. The molecule has 4 nitrogen and oxygen atoms in total. The topological polar surface area (TPSA) is 32.8 Å². The van der Waals surface area contributed by atoms with Crippen LogP contribution in [0.5, 0.6) is 0 Å². The van der Waals surface area contributed by atoms with E-state index in [9.17, 15) is 4.79 Å². The molecular formula is C16H24N2O2. The molecule has 0 radical (unpaired) electrons. The maximum atomic E-state index is 12.1. The van der Waals surface area contributed by atoms with Crippen molar-refractivity contribution >= 4 is 11.6 Å². The maximum absolute atomic E-state index is 12.1. The van der Waals surface area contributed by atoms with E-state index in [2.05, 4.69) is 43.0 Å². The lowest BCUT2D eigenvalue weighted by molar-refractivity contribution is -0.138. The van der Waals surface area contributed by atoms with Crippen molar-refractivity contribution in [1.82, 2.24) is 4.90 Å². The lowest BCUT2D eigenvalue weighted by atomic mass is 10.1. The Morgan fingerprint density at radius 3 is 2.75 bits per heavy atom. The number of hydrogen-bond acceptors (Lipinski definition) is 3. The first kappa shape index (κ1) is 14.9. The molecule has 0 N–H and O–H groups in total. The number of amides is 1. The lowest BCUT2D eigenvalue weighted by Gasteiger charge is -2.41. The van der Waals surface area contributed by atoms with Crippen molar-refractivity contribution in [2.45, 2.75) is 26.8 Å². The summed E-state index contributed by atoms with van der Waals surface area (Å²) >= 11 is 0. The van der Waals surface area contributed by atoms with Crippen molar-refractivity contribution in [3.05, 3.63) is 29.8 Å². The van der Waals surface area contributed by atoms with E-state index in [1.165, 1.54) is 11.3 Å². The van der Waals surface area contributed by atoms with Gasteiger partial charge >= 0.3 is 0 Å². The van der Waals surface area contributed by atoms with Crippen LogP contribution in [0.15, 0.2) is 24.3 Å². The second kappa shape index (κ2) is 6.75. The Labute approximate surface area is 121 Å². The normalized spacial score (nSPS) is 19.2. The molecular weight excluding hydrogens is 252 g/mol. The summed E-state index contributed by atoms with van der Waals surface area (Å²) in [6.45, 7) is 9.46. The molecule has 0 bridgehead atoms. The van der Waals surface area contributed by atoms with E-state index in [0.717, 1.165) is 19.6 Å². The first-order chi connectivity index (χ1) is 9.63. The minimum Gasteiger partial charge on any atom is -0.372 e. The number of carbonyl (C=O) groups excluding carboxylic acids is 1. The van der Waals surface area contributed by atoms with Crippen LogP contribution in [0, 0.1) is 6.92 Å². The van der Waals surface area contributed by atoms with Crippen LogP contribution in [0.3, 0.4) is 0 Å². The number of benzene rings is 1. The summed E-state index contributed by atoms with van der Waals surface area (Å²) in [4.78, 5) is 16.4. The van der Waals surface area contributed by atoms with Gasteiger partial charge < -0.3 is 14.5 Å². The molecule has 0 saturated carbocycles. The molecule has 1 aromatic rings. The molecule has 1 aliphatic rings. The van der Waals surface area contributed by atoms with Crippen molar-refractivity contribution in [3.63, 3.8) is 0 Å². The number of rotatable bonds is 4. The lowest BCUT2D eigenvalue weighted by Crippen LogP contribution is -2.55. The van der Waals surface area contributed by atoms with E-state index in [-0.39, 0.29) is 18.6 Å². The molecule has 2 rings (SSSR count). The molecule has 1 aromatic carbocycles. The second-order valence-electron chi connectivity index (χ2n) is 5.31. The molecule has 0 unspecified atom stereocenters. The zero-order valence-electron chi connectivity index (χ0n) is 12.6. The van der Waals surface area contributed by atoms with E-state index in [4.69, 9.17) is 4.74 Å². The monoisotopic (exact) mass is 276 g/mol. The van der Waals surface area contributed by atoms with Crippen molar-refractivity contribution in [1.29, 1.82) is 0 Å². The average Bonchev–Trinajstić information content (AvgIpc) is 2.45. The average molecular weight is 276 g/mol. The molecule has 1 atom stereocenters. The van der Waals surface area contributed by atoms with Crippen LogP contribution in [0.2, 0.25) is 0 Å². The number of anilines is 1. The summed E-state index contributed by atoms with van der Waals surface area (Å²) in [7, 11) is 0. The predicted octanol–water partition coefficient (Wildman–Crippen LogP) is 2.07. The van der Waals surface area contributed by atoms with Gasteiger partial charge in [0.2, 0.25) is 5.91 Å². The summed E-state index contributed by atoms with van der Waals surface area (Å²) in [6, 6.07) is 8.63. The Hall–Kier alpha value is -1.55. The number of carbonyl (C=O) groups is 1. The number of ether oxygens (including phenoxy) is 1. The van der Waals surface area contributed by atoms with E-state index in [1.807, 2.05) is 11.8 Å². The highest BCUT2D eigenvalue weighted by molar-refractivity contribution is 5.78. The highest BCUT2D eigenvalue weighted by Gasteiger charge is 2.27. The molecule has 1 heterocycles. The minimum atomic E-state index is 0.101. The molecule has 110 valence electrons. The van der Waals surface area contributed by atoms with Gasteiger partial charge in [0.05, 0.1) is 0 Å². The quantitative estimate of drug-likeness (QED) is 0.844. The Morgan fingerprint density at radius 2 is 2.10 bits per heavy atom. The summed E-state index contributed by atoms with van der Waals surface area (Å²) in [5.74, 6) is 0.101. The summed E-state index contributed by atoms with van der Waals surface area (Å²) in [5.41, 5.74) is 2.56. The van der Waals surface area contributed by atoms with Gasteiger partial charge in [0.1, 0.15) is 6.61 Å². The largest absolute Gasteiger partial charge is 0.372 e. The minimum absolute atomic E-state index is 0.101. The molecule has 0 spiro atoms. The third kappa shape index (κ3) is 3.31. The Kier molecular flexibility index (Phi) is 5.01. The fourth-order valence-electron chi connectivity index (χ4n) is 2.74. The molecule has 0 aromatic heterocycles. The first-order valence-electron chi connectivity index (χ1n) is 7.31. The first-order valence-corrected chi connectivity index (χ1v) is 7.31. The van der Waals surface area contributed by atoms with Crippen LogP contribution < -0.4 is 4.90 Å². The summed E-state index contributed by atoms with van der Waals surface area (Å²) in [6.07, 6.45) is 0. The van der Waals surface area contributed by atoms with Crippen LogP contribution in [0.4, 0.5) is 5.69 Å². The van der Waals surface area contributed by atoms with Gasteiger partial charge in [0.15, 0.2) is 0 Å². The standard InChI is InChI=1S/C16H24N2O2/c1-4-20-12-16(19)18-10-9-17(11-14(18)3)15-8-6-5-7-13(15)2/h5-8,14H,4,9-12H2,1-3H3/t14-/m0/s1. The van der Waals surface area contributed by atoms with Gasteiger partial charge in [-0.15, -0.1) is 0 Å². The Balaban J connectivity index is 1.99. The van der Waals surface area contributed by atoms with Gasteiger partial charge in [-0.05, 0) is 32.4 Å². The molecule has 1 aliphatic heterocycles. The third-order valence-electron chi connectivity index (χ3n) is 3.83. The van der Waals surface area contributed by atoms with E-state index >= 15 is 0 Å². The van der Waals surface area contributed by atoms with Gasteiger partial charge in [-0.1, -0.05) is 18.2 Å².